The van der Waals surface area contributed by atoms with Crippen molar-refractivity contribution in [2.24, 2.45) is 0 Å². The van der Waals surface area contributed by atoms with E-state index in [9.17, 15) is 0 Å². The van der Waals surface area contributed by atoms with Crippen molar-refractivity contribution < 1.29 is 4.74 Å². The number of benzene rings is 2. The van der Waals surface area contributed by atoms with Crippen LogP contribution in [0.15, 0.2) is 46.9 Å². The second-order valence-electron chi connectivity index (χ2n) is 7.93. The molecule has 2 aromatic rings. The first-order valence-electron chi connectivity index (χ1n) is 10.6. The summed E-state index contributed by atoms with van der Waals surface area (Å²) in [6.45, 7) is 7.37. The van der Waals surface area contributed by atoms with Gasteiger partial charge in [0.1, 0.15) is 11.9 Å². The molecule has 2 aromatic carbocycles. The highest BCUT2D eigenvalue weighted by atomic mass is 79.9. The molecule has 4 nitrogen and oxygen atoms in total. The molecule has 2 aliphatic heterocycles. The van der Waals surface area contributed by atoms with Gasteiger partial charge in [0.15, 0.2) is 0 Å². The van der Waals surface area contributed by atoms with Crippen LogP contribution in [0.5, 0.6) is 5.75 Å². The van der Waals surface area contributed by atoms with Gasteiger partial charge in [0.05, 0.1) is 4.47 Å². The lowest BCUT2D eigenvalue weighted by atomic mass is 10.1. The molecule has 0 aliphatic carbocycles. The Morgan fingerprint density at radius 2 is 1.79 bits per heavy atom. The van der Waals surface area contributed by atoms with E-state index in [0.717, 1.165) is 73.9 Å². The van der Waals surface area contributed by atoms with E-state index in [4.69, 9.17) is 16.3 Å². The number of anilines is 1. The second-order valence-corrected chi connectivity index (χ2v) is 9.22. The molecule has 0 aromatic heterocycles. The SMILES string of the molecule is Clc1ccc(N2CCCN(Cc3ccc(OC4CCNCC4)c(Br)c3)CC2)cc1. The number of ether oxygens (including phenoxy) is 1. The van der Waals surface area contributed by atoms with Gasteiger partial charge in [-0.3, -0.25) is 4.90 Å². The highest BCUT2D eigenvalue weighted by Gasteiger charge is 2.18. The van der Waals surface area contributed by atoms with E-state index in [0.29, 0.717) is 6.10 Å². The molecule has 0 unspecified atom stereocenters. The molecule has 2 aliphatic rings. The van der Waals surface area contributed by atoms with Gasteiger partial charge in [-0.15, -0.1) is 0 Å². The summed E-state index contributed by atoms with van der Waals surface area (Å²) >= 11 is 9.75. The molecule has 0 atom stereocenters. The number of hydrogen-bond acceptors (Lipinski definition) is 4. The number of rotatable bonds is 5. The fourth-order valence-electron chi connectivity index (χ4n) is 4.13. The van der Waals surface area contributed by atoms with Gasteiger partial charge < -0.3 is 15.0 Å². The van der Waals surface area contributed by atoms with E-state index in [1.807, 2.05) is 12.1 Å². The lowest BCUT2D eigenvalue weighted by molar-refractivity contribution is 0.161. The Balaban J connectivity index is 1.33. The molecule has 2 heterocycles. The van der Waals surface area contributed by atoms with E-state index >= 15 is 0 Å². The molecule has 0 bridgehead atoms. The Kier molecular flexibility index (Phi) is 7.35. The predicted octanol–water partition coefficient (Wildman–Crippen LogP) is 4.95. The maximum Gasteiger partial charge on any atom is 0.133 e. The Labute approximate surface area is 187 Å². The lowest BCUT2D eigenvalue weighted by Gasteiger charge is -2.25. The summed E-state index contributed by atoms with van der Waals surface area (Å²) in [6.07, 6.45) is 3.64. The van der Waals surface area contributed by atoms with Crippen LogP contribution < -0.4 is 15.0 Å². The van der Waals surface area contributed by atoms with Crippen molar-refractivity contribution in [1.29, 1.82) is 0 Å². The van der Waals surface area contributed by atoms with E-state index in [1.54, 1.807) is 0 Å². The van der Waals surface area contributed by atoms with Crippen LogP contribution in [0.25, 0.3) is 0 Å². The highest BCUT2D eigenvalue weighted by molar-refractivity contribution is 9.10. The van der Waals surface area contributed by atoms with Crippen molar-refractivity contribution >= 4 is 33.2 Å². The fraction of sp³-hybridized carbons (Fsp3) is 0.478. The van der Waals surface area contributed by atoms with Gasteiger partial charge in [0.25, 0.3) is 0 Å². The number of halogens is 2. The van der Waals surface area contributed by atoms with Crippen molar-refractivity contribution in [3.05, 3.63) is 57.5 Å². The summed E-state index contributed by atoms with van der Waals surface area (Å²) in [7, 11) is 0. The summed E-state index contributed by atoms with van der Waals surface area (Å²) < 4.78 is 7.27. The molecule has 4 rings (SSSR count). The zero-order valence-electron chi connectivity index (χ0n) is 16.7. The van der Waals surface area contributed by atoms with E-state index < -0.39 is 0 Å². The van der Waals surface area contributed by atoms with Crippen molar-refractivity contribution in [1.82, 2.24) is 10.2 Å². The number of nitrogens with zero attached hydrogens (tertiary/aromatic N) is 2. The Bertz CT molecular complexity index is 795. The lowest BCUT2D eigenvalue weighted by Crippen LogP contribution is -2.34. The largest absolute Gasteiger partial charge is 0.489 e. The molecule has 156 valence electrons. The molecule has 0 saturated carbocycles. The number of nitrogens with one attached hydrogen (secondary N) is 1. The molecular weight excluding hydrogens is 450 g/mol. The minimum absolute atomic E-state index is 0.322. The third kappa shape index (κ3) is 5.88. The molecule has 2 saturated heterocycles. The van der Waals surface area contributed by atoms with E-state index in [-0.39, 0.29) is 0 Å². The molecular formula is C23H29BrClN3O. The van der Waals surface area contributed by atoms with Crippen LogP contribution in [-0.2, 0) is 6.54 Å². The molecule has 29 heavy (non-hydrogen) atoms. The van der Waals surface area contributed by atoms with Crippen LogP contribution >= 0.6 is 27.5 Å². The third-order valence-electron chi connectivity index (χ3n) is 5.76. The monoisotopic (exact) mass is 477 g/mol. The van der Waals surface area contributed by atoms with Gasteiger partial charge >= 0.3 is 0 Å². The molecule has 1 N–H and O–H groups in total. The van der Waals surface area contributed by atoms with Crippen LogP contribution in [0.3, 0.4) is 0 Å². The quantitative estimate of drug-likeness (QED) is 0.658. The predicted molar refractivity (Wildman–Crippen MR) is 124 cm³/mol. The smallest absolute Gasteiger partial charge is 0.133 e. The van der Waals surface area contributed by atoms with Crippen LogP contribution in [0, 0.1) is 0 Å². The third-order valence-corrected chi connectivity index (χ3v) is 6.63. The van der Waals surface area contributed by atoms with Crippen molar-refractivity contribution in [2.75, 3.05) is 44.2 Å². The van der Waals surface area contributed by atoms with E-state index in [2.05, 4.69) is 61.4 Å². The zero-order chi connectivity index (χ0) is 20.1. The van der Waals surface area contributed by atoms with Crippen molar-refractivity contribution in [3.8, 4) is 5.75 Å². The second kappa shape index (κ2) is 10.2. The Morgan fingerprint density at radius 3 is 2.55 bits per heavy atom. The highest BCUT2D eigenvalue weighted by Crippen LogP contribution is 2.29. The maximum atomic E-state index is 6.21. The molecule has 2 fully saturated rings. The van der Waals surface area contributed by atoms with Crippen molar-refractivity contribution in [2.45, 2.75) is 31.9 Å². The standard InChI is InChI=1S/C23H29BrClN3O/c24-22-16-18(2-7-23(22)29-21-8-10-26-11-9-21)17-27-12-1-13-28(15-14-27)20-5-3-19(25)4-6-20/h2-7,16,21,26H,1,8-15,17H2. The van der Waals surface area contributed by atoms with Crippen LogP contribution in [0.1, 0.15) is 24.8 Å². The number of hydrogen-bond donors (Lipinski definition) is 1. The summed E-state index contributed by atoms with van der Waals surface area (Å²) in [4.78, 5) is 5.01. The Morgan fingerprint density at radius 1 is 1.00 bits per heavy atom. The summed E-state index contributed by atoms with van der Waals surface area (Å²) in [6, 6.07) is 14.8. The zero-order valence-corrected chi connectivity index (χ0v) is 19.1. The first kappa shape index (κ1) is 21.0. The molecule has 6 heteroatoms. The Hall–Kier alpha value is -1.27. The first-order chi connectivity index (χ1) is 14.2. The van der Waals surface area contributed by atoms with Gasteiger partial charge in [-0.05, 0) is 90.2 Å². The topological polar surface area (TPSA) is 27.7 Å². The van der Waals surface area contributed by atoms with Gasteiger partial charge in [0.2, 0.25) is 0 Å². The van der Waals surface area contributed by atoms with Crippen LogP contribution in [0.4, 0.5) is 5.69 Å². The fourth-order valence-corrected chi connectivity index (χ4v) is 4.77. The normalized spacial score (nSPS) is 19.2. The minimum Gasteiger partial charge on any atom is -0.489 e. The van der Waals surface area contributed by atoms with E-state index in [1.165, 1.54) is 17.7 Å². The molecule has 0 spiro atoms. The van der Waals surface area contributed by atoms with Gasteiger partial charge in [-0.2, -0.15) is 0 Å². The van der Waals surface area contributed by atoms with Gasteiger partial charge in [-0.25, -0.2) is 0 Å². The molecule has 0 amide bonds. The van der Waals surface area contributed by atoms with Crippen molar-refractivity contribution in [3.63, 3.8) is 0 Å². The molecule has 0 radical (unpaired) electrons. The average molecular weight is 479 g/mol. The summed E-state index contributed by atoms with van der Waals surface area (Å²) in [5, 5.41) is 4.18. The van der Waals surface area contributed by atoms with Crippen LogP contribution in [-0.4, -0.2) is 50.3 Å². The summed E-state index contributed by atoms with van der Waals surface area (Å²) in [5.74, 6) is 0.963. The average Bonchev–Trinajstić information content (AvgIpc) is 2.97. The summed E-state index contributed by atoms with van der Waals surface area (Å²) in [5.41, 5.74) is 2.59. The van der Waals surface area contributed by atoms with Gasteiger partial charge in [0, 0.05) is 43.4 Å². The van der Waals surface area contributed by atoms with Crippen LogP contribution in [0.2, 0.25) is 5.02 Å². The first-order valence-corrected chi connectivity index (χ1v) is 11.7. The van der Waals surface area contributed by atoms with Gasteiger partial charge in [-0.1, -0.05) is 17.7 Å². The minimum atomic E-state index is 0.322. The number of piperidine rings is 1. The maximum absolute atomic E-state index is 6.21.